The van der Waals surface area contributed by atoms with Crippen LogP contribution in [0.4, 0.5) is 10.1 Å². The molecular weight excluding hydrogens is 359 g/mol. The first kappa shape index (κ1) is 18.8. The molecule has 0 radical (unpaired) electrons. The molecule has 2 aromatic rings. The van der Waals surface area contributed by atoms with E-state index in [1.165, 1.54) is 42.7 Å². The highest BCUT2D eigenvalue weighted by Crippen LogP contribution is 2.33. The highest BCUT2D eigenvalue weighted by atomic mass is 19.1. The molecule has 28 heavy (non-hydrogen) atoms. The predicted octanol–water partition coefficient (Wildman–Crippen LogP) is 4.23. The number of imide groups is 1. The van der Waals surface area contributed by atoms with Crippen LogP contribution < -0.4 is 9.64 Å². The molecule has 0 N–H and O–H groups in total. The number of carbonyl (C=O) groups is 2. The van der Waals surface area contributed by atoms with Crippen molar-refractivity contribution in [1.29, 1.82) is 5.26 Å². The minimum atomic E-state index is -0.476. The Bertz CT molecular complexity index is 1040. The third kappa shape index (κ3) is 3.89. The summed E-state index contributed by atoms with van der Waals surface area (Å²) in [6, 6.07) is 12.5. The van der Waals surface area contributed by atoms with Crippen molar-refractivity contribution in [3.63, 3.8) is 0 Å². The van der Waals surface area contributed by atoms with Gasteiger partial charge in [-0.1, -0.05) is 24.3 Å². The lowest BCUT2D eigenvalue weighted by Gasteiger charge is -2.18. The lowest BCUT2D eigenvalue weighted by molar-refractivity contribution is -0.120. The summed E-state index contributed by atoms with van der Waals surface area (Å²) >= 11 is 0. The van der Waals surface area contributed by atoms with Crippen molar-refractivity contribution < 1.29 is 18.7 Å². The van der Waals surface area contributed by atoms with Crippen LogP contribution in [-0.2, 0) is 9.59 Å². The molecular formula is C22H15FN2O3. The topological polar surface area (TPSA) is 70.4 Å². The van der Waals surface area contributed by atoms with E-state index in [4.69, 9.17) is 4.74 Å². The van der Waals surface area contributed by atoms with Crippen molar-refractivity contribution in [2.24, 2.45) is 0 Å². The van der Waals surface area contributed by atoms with Gasteiger partial charge in [0.25, 0.3) is 11.8 Å². The molecule has 0 bridgehead atoms. The third-order valence-corrected chi connectivity index (χ3v) is 3.95. The van der Waals surface area contributed by atoms with Gasteiger partial charge < -0.3 is 4.74 Å². The second kappa shape index (κ2) is 8.14. The van der Waals surface area contributed by atoms with Gasteiger partial charge in [0.05, 0.1) is 23.6 Å². The zero-order valence-electron chi connectivity index (χ0n) is 14.9. The van der Waals surface area contributed by atoms with Gasteiger partial charge in [-0.05, 0) is 48.4 Å². The maximum absolute atomic E-state index is 13.1. The lowest BCUT2D eigenvalue weighted by Crippen LogP contribution is -2.29. The molecule has 0 aliphatic carbocycles. The van der Waals surface area contributed by atoms with Gasteiger partial charge in [0.1, 0.15) is 5.82 Å². The molecule has 0 aromatic heterocycles. The van der Waals surface area contributed by atoms with E-state index in [9.17, 15) is 19.2 Å². The largest absolute Gasteiger partial charge is 0.463 e. The summed E-state index contributed by atoms with van der Waals surface area (Å²) in [6.07, 6.45) is 7.07. The predicted molar refractivity (Wildman–Crippen MR) is 103 cm³/mol. The minimum absolute atomic E-state index is 0.267. The van der Waals surface area contributed by atoms with E-state index >= 15 is 0 Å². The molecule has 6 heteroatoms. The van der Waals surface area contributed by atoms with Gasteiger partial charge in [0, 0.05) is 12.2 Å². The normalized spacial score (nSPS) is 14.0. The monoisotopic (exact) mass is 374 g/mol. The molecule has 2 amide bonds. The Kier molecular flexibility index (Phi) is 5.47. The van der Waals surface area contributed by atoms with Gasteiger partial charge in [0.2, 0.25) is 0 Å². The average molecular weight is 374 g/mol. The number of nitriles is 1. The van der Waals surface area contributed by atoms with Crippen molar-refractivity contribution in [1.82, 2.24) is 0 Å². The molecule has 1 heterocycles. The standard InChI is InChI=1S/C22H15FN2O3/c1-2-11-28-20-8-3-15(13-19(20)25-21(26)9-10-22(25)27)12-17(14-24)16-4-6-18(23)7-5-16/h2-13H,1H3/b11-2-,17-12+. The molecule has 0 saturated carbocycles. The summed E-state index contributed by atoms with van der Waals surface area (Å²) in [5.41, 5.74) is 1.71. The Morgan fingerprint density at radius 1 is 1.11 bits per heavy atom. The maximum atomic E-state index is 13.1. The summed E-state index contributed by atoms with van der Waals surface area (Å²) in [4.78, 5) is 25.2. The van der Waals surface area contributed by atoms with Crippen molar-refractivity contribution in [3.8, 4) is 11.8 Å². The molecule has 138 valence electrons. The van der Waals surface area contributed by atoms with Crippen LogP contribution in [0.1, 0.15) is 18.1 Å². The van der Waals surface area contributed by atoms with E-state index in [1.54, 1.807) is 37.3 Å². The summed E-state index contributed by atoms with van der Waals surface area (Å²) in [7, 11) is 0. The third-order valence-electron chi connectivity index (χ3n) is 3.95. The number of benzene rings is 2. The summed E-state index contributed by atoms with van der Waals surface area (Å²) in [6.45, 7) is 1.77. The van der Waals surface area contributed by atoms with Crippen LogP contribution in [0.15, 0.2) is 67.0 Å². The highest BCUT2D eigenvalue weighted by Gasteiger charge is 2.28. The van der Waals surface area contributed by atoms with Crippen molar-refractivity contribution >= 4 is 29.2 Å². The van der Waals surface area contributed by atoms with E-state index in [-0.39, 0.29) is 5.69 Å². The fraction of sp³-hybridized carbons (Fsp3) is 0.0455. The van der Waals surface area contributed by atoms with Crippen molar-refractivity contribution in [2.45, 2.75) is 6.92 Å². The number of nitrogens with zero attached hydrogens (tertiary/aromatic N) is 2. The average Bonchev–Trinajstić information content (AvgIpc) is 3.03. The second-order valence-electron chi connectivity index (χ2n) is 5.84. The van der Waals surface area contributed by atoms with E-state index in [2.05, 4.69) is 6.07 Å². The Hall–Kier alpha value is -3.98. The quantitative estimate of drug-likeness (QED) is 0.340. The van der Waals surface area contributed by atoms with Gasteiger partial charge in [-0.15, -0.1) is 0 Å². The molecule has 0 unspecified atom stereocenters. The van der Waals surface area contributed by atoms with Gasteiger partial charge in [-0.2, -0.15) is 5.26 Å². The molecule has 0 atom stereocenters. The molecule has 0 spiro atoms. The fourth-order valence-electron chi connectivity index (χ4n) is 2.65. The lowest BCUT2D eigenvalue weighted by atomic mass is 10.0. The first-order chi connectivity index (χ1) is 13.5. The van der Waals surface area contributed by atoms with Crippen LogP contribution in [0.5, 0.6) is 5.75 Å². The number of hydrogen-bond acceptors (Lipinski definition) is 4. The van der Waals surface area contributed by atoms with Crippen LogP contribution in [0.2, 0.25) is 0 Å². The zero-order chi connectivity index (χ0) is 20.1. The molecule has 2 aromatic carbocycles. The van der Waals surface area contributed by atoms with Gasteiger partial charge in [0.15, 0.2) is 5.75 Å². The summed E-state index contributed by atoms with van der Waals surface area (Å²) in [5.74, 6) is -1.03. The van der Waals surface area contributed by atoms with Gasteiger partial charge in [-0.25, -0.2) is 9.29 Å². The van der Waals surface area contributed by atoms with Crippen molar-refractivity contribution in [2.75, 3.05) is 4.90 Å². The first-order valence-electron chi connectivity index (χ1n) is 8.39. The molecule has 0 fully saturated rings. The van der Waals surface area contributed by atoms with Crippen LogP contribution in [0.25, 0.3) is 11.6 Å². The molecule has 3 rings (SSSR count). The SMILES string of the molecule is C/C=C\Oc1ccc(/C=C(\C#N)c2ccc(F)cc2)cc1N1C(=O)C=CC1=O. The maximum Gasteiger partial charge on any atom is 0.258 e. The molecule has 5 nitrogen and oxygen atoms in total. The van der Waals surface area contributed by atoms with E-state index in [0.717, 1.165) is 4.90 Å². The molecule has 0 saturated heterocycles. The number of halogens is 1. The summed E-state index contributed by atoms with van der Waals surface area (Å²) < 4.78 is 18.6. The number of hydrogen-bond donors (Lipinski definition) is 0. The molecule has 1 aliphatic heterocycles. The molecule has 1 aliphatic rings. The minimum Gasteiger partial charge on any atom is -0.463 e. The number of carbonyl (C=O) groups excluding carboxylic acids is 2. The zero-order valence-corrected chi connectivity index (χ0v) is 14.9. The smallest absolute Gasteiger partial charge is 0.258 e. The Balaban J connectivity index is 2.06. The van der Waals surface area contributed by atoms with Crippen LogP contribution >= 0.6 is 0 Å². The van der Waals surface area contributed by atoms with E-state index in [1.807, 2.05) is 0 Å². The fourth-order valence-corrected chi connectivity index (χ4v) is 2.65. The number of allylic oxidation sites excluding steroid dienone is 2. The van der Waals surface area contributed by atoms with Crippen LogP contribution in [0.3, 0.4) is 0 Å². The van der Waals surface area contributed by atoms with Crippen molar-refractivity contribution in [3.05, 3.63) is 83.9 Å². The number of anilines is 1. The Labute approximate surface area is 161 Å². The van der Waals surface area contributed by atoms with E-state index < -0.39 is 17.6 Å². The Morgan fingerprint density at radius 2 is 1.79 bits per heavy atom. The number of amides is 2. The number of rotatable bonds is 5. The Morgan fingerprint density at radius 3 is 2.39 bits per heavy atom. The van der Waals surface area contributed by atoms with Gasteiger partial charge in [-0.3, -0.25) is 9.59 Å². The summed E-state index contributed by atoms with van der Waals surface area (Å²) in [5, 5.41) is 9.47. The number of ether oxygens (including phenoxy) is 1. The second-order valence-corrected chi connectivity index (χ2v) is 5.84. The van der Waals surface area contributed by atoms with Gasteiger partial charge >= 0.3 is 0 Å². The van der Waals surface area contributed by atoms with E-state index in [0.29, 0.717) is 22.4 Å². The van der Waals surface area contributed by atoms with Crippen LogP contribution in [-0.4, -0.2) is 11.8 Å². The van der Waals surface area contributed by atoms with Crippen LogP contribution in [0, 0.1) is 17.1 Å². The first-order valence-corrected chi connectivity index (χ1v) is 8.39. The highest BCUT2D eigenvalue weighted by molar-refractivity contribution is 6.28.